The van der Waals surface area contributed by atoms with Crippen LogP contribution in [0.2, 0.25) is 25.2 Å². The first-order valence-electron chi connectivity index (χ1n) is 4.31. The molecule has 0 aliphatic carbocycles. The fourth-order valence-corrected chi connectivity index (χ4v) is 3.42. The van der Waals surface area contributed by atoms with Crippen LogP contribution in [0, 0.1) is 0 Å². The molecule has 10 heavy (non-hydrogen) atoms. The summed E-state index contributed by atoms with van der Waals surface area (Å²) in [6.45, 7) is 9.97. The predicted molar refractivity (Wildman–Crippen MR) is 49.2 cm³/mol. The SMILES string of the molecule is C[Si](C)(C)C1CCCNC1. The smallest absolute Gasteiger partial charge is 0.0487 e. The van der Waals surface area contributed by atoms with E-state index in [9.17, 15) is 0 Å². The van der Waals surface area contributed by atoms with Crippen LogP contribution in [0.25, 0.3) is 0 Å². The van der Waals surface area contributed by atoms with Crippen molar-refractivity contribution in [2.75, 3.05) is 13.1 Å². The van der Waals surface area contributed by atoms with E-state index in [1.165, 1.54) is 25.9 Å². The molecule has 1 nitrogen and oxygen atoms in total. The molecule has 1 aliphatic heterocycles. The lowest BCUT2D eigenvalue weighted by atomic mass is 10.2. The Morgan fingerprint density at radius 3 is 2.30 bits per heavy atom. The lowest BCUT2D eigenvalue weighted by Gasteiger charge is -2.32. The van der Waals surface area contributed by atoms with Crippen LogP contribution in [0.4, 0.5) is 0 Å². The van der Waals surface area contributed by atoms with Crippen LogP contribution in [0.3, 0.4) is 0 Å². The van der Waals surface area contributed by atoms with E-state index in [4.69, 9.17) is 0 Å². The zero-order chi connectivity index (χ0) is 7.61. The van der Waals surface area contributed by atoms with Gasteiger partial charge < -0.3 is 5.32 Å². The van der Waals surface area contributed by atoms with Crippen molar-refractivity contribution in [3.05, 3.63) is 0 Å². The zero-order valence-electron chi connectivity index (χ0n) is 7.41. The molecule has 1 rings (SSSR count). The highest BCUT2D eigenvalue weighted by Crippen LogP contribution is 2.27. The highest BCUT2D eigenvalue weighted by atomic mass is 28.3. The van der Waals surface area contributed by atoms with Gasteiger partial charge in [-0.3, -0.25) is 0 Å². The van der Waals surface area contributed by atoms with E-state index in [-0.39, 0.29) is 0 Å². The molecule has 0 radical (unpaired) electrons. The molecule has 1 atom stereocenters. The van der Waals surface area contributed by atoms with Gasteiger partial charge in [0.15, 0.2) is 0 Å². The minimum Gasteiger partial charge on any atom is -0.317 e. The van der Waals surface area contributed by atoms with E-state index >= 15 is 0 Å². The Kier molecular flexibility index (Phi) is 2.53. The summed E-state index contributed by atoms with van der Waals surface area (Å²) in [4.78, 5) is 0. The Morgan fingerprint density at radius 2 is 2.00 bits per heavy atom. The molecule has 2 heteroatoms. The number of hydrogen-bond acceptors (Lipinski definition) is 1. The van der Waals surface area contributed by atoms with Gasteiger partial charge in [0.2, 0.25) is 0 Å². The zero-order valence-corrected chi connectivity index (χ0v) is 8.41. The first-order chi connectivity index (χ1) is 4.61. The molecule has 0 bridgehead atoms. The second-order valence-corrected chi connectivity index (χ2v) is 9.96. The number of piperidine rings is 1. The summed E-state index contributed by atoms with van der Waals surface area (Å²) in [6.07, 6.45) is 2.87. The third kappa shape index (κ3) is 2.10. The monoisotopic (exact) mass is 157 g/mol. The molecule has 0 aromatic rings. The minimum atomic E-state index is -0.819. The van der Waals surface area contributed by atoms with Crippen LogP contribution in [0.5, 0.6) is 0 Å². The molecular formula is C8H19NSi. The van der Waals surface area contributed by atoms with Gasteiger partial charge in [-0.2, -0.15) is 0 Å². The molecule has 0 aromatic heterocycles. The van der Waals surface area contributed by atoms with E-state index in [2.05, 4.69) is 25.0 Å². The Balaban J connectivity index is 2.39. The molecule has 1 fully saturated rings. The van der Waals surface area contributed by atoms with Crippen LogP contribution in [0.15, 0.2) is 0 Å². The summed E-state index contributed by atoms with van der Waals surface area (Å²) < 4.78 is 0. The van der Waals surface area contributed by atoms with Crippen molar-refractivity contribution < 1.29 is 0 Å². The summed E-state index contributed by atoms with van der Waals surface area (Å²) in [7, 11) is -0.819. The summed E-state index contributed by atoms with van der Waals surface area (Å²) in [6, 6.07) is 0. The van der Waals surface area contributed by atoms with E-state index in [1.54, 1.807) is 0 Å². The highest BCUT2D eigenvalue weighted by molar-refractivity contribution is 6.77. The molecule has 0 spiro atoms. The van der Waals surface area contributed by atoms with E-state index in [1.807, 2.05) is 0 Å². The molecule has 1 N–H and O–H groups in total. The van der Waals surface area contributed by atoms with Gasteiger partial charge in [-0.25, -0.2) is 0 Å². The van der Waals surface area contributed by atoms with Crippen molar-refractivity contribution >= 4 is 8.07 Å². The fourth-order valence-electron chi connectivity index (χ4n) is 1.59. The molecule has 1 saturated heterocycles. The predicted octanol–water partition coefficient (Wildman–Crippen LogP) is 2.08. The maximum absolute atomic E-state index is 3.48. The van der Waals surface area contributed by atoms with Crippen LogP contribution >= 0.6 is 0 Å². The Hall–Kier alpha value is 0.177. The van der Waals surface area contributed by atoms with Gasteiger partial charge in [-0.15, -0.1) is 0 Å². The lowest BCUT2D eigenvalue weighted by Crippen LogP contribution is -2.39. The van der Waals surface area contributed by atoms with Crippen LogP contribution in [0.1, 0.15) is 12.8 Å². The maximum Gasteiger partial charge on any atom is 0.0487 e. The van der Waals surface area contributed by atoms with Crippen LogP contribution in [-0.4, -0.2) is 21.2 Å². The normalized spacial score (nSPS) is 28.5. The molecule has 1 aliphatic rings. The Bertz CT molecular complexity index is 100. The van der Waals surface area contributed by atoms with Gasteiger partial charge in [0.25, 0.3) is 0 Å². The van der Waals surface area contributed by atoms with Crippen molar-refractivity contribution in [1.82, 2.24) is 5.32 Å². The van der Waals surface area contributed by atoms with Gasteiger partial charge in [-0.05, 0) is 25.1 Å². The Morgan fingerprint density at radius 1 is 1.30 bits per heavy atom. The maximum atomic E-state index is 3.48. The van der Waals surface area contributed by atoms with Crippen LogP contribution in [-0.2, 0) is 0 Å². The second kappa shape index (κ2) is 3.05. The van der Waals surface area contributed by atoms with Crippen molar-refractivity contribution in [2.45, 2.75) is 38.0 Å². The number of nitrogens with one attached hydrogen (secondary N) is 1. The molecular weight excluding hydrogens is 138 g/mol. The third-order valence-electron chi connectivity index (χ3n) is 2.52. The van der Waals surface area contributed by atoms with Gasteiger partial charge in [0.1, 0.15) is 0 Å². The van der Waals surface area contributed by atoms with E-state index in [0.717, 1.165) is 5.54 Å². The van der Waals surface area contributed by atoms with E-state index < -0.39 is 8.07 Å². The molecule has 1 heterocycles. The molecule has 0 saturated carbocycles. The highest BCUT2D eigenvalue weighted by Gasteiger charge is 2.27. The van der Waals surface area contributed by atoms with Crippen molar-refractivity contribution in [3.63, 3.8) is 0 Å². The average molecular weight is 157 g/mol. The first-order valence-corrected chi connectivity index (χ1v) is 7.89. The quantitative estimate of drug-likeness (QED) is 0.575. The molecule has 0 amide bonds. The summed E-state index contributed by atoms with van der Waals surface area (Å²) in [5.41, 5.74) is 1.03. The fraction of sp³-hybridized carbons (Fsp3) is 1.00. The molecule has 60 valence electrons. The van der Waals surface area contributed by atoms with Crippen molar-refractivity contribution in [2.24, 2.45) is 0 Å². The molecule has 0 aromatic carbocycles. The second-order valence-electron chi connectivity index (χ2n) is 4.41. The third-order valence-corrected chi connectivity index (χ3v) is 5.46. The summed E-state index contributed by atoms with van der Waals surface area (Å²) in [5, 5.41) is 3.48. The van der Waals surface area contributed by atoms with Gasteiger partial charge in [0.05, 0.1) is 0 Å². The minimum absolute atomic E-state index is 0.819. The first kappa shape index (κ1) is 8.28. The van der Waals surface area contributed by atoms with Gasteiger partial charge in [0, 0.05) is 8.07 Å². The molecule has 1 unspecified atom stereocenters. The number of hydrogen-bond donors (Lipinski definition) is 1. The summed E-state index contributed by atoms with van der Waals surface area (Å²) in [5.74, 6) is 0. The largest absolute Gasteiger partial charge is 0.317 e. The van der Waals surface area contributed by atoms with Gasteiger partial charge >= 0.3 is 0 Å². The Labute approximate surface area is 65.2 Å². The van der Waals surface area contributed by atoms with Crippen molar-refractivity contribution in [1.29, 1.82) is 0 Å². The topological polar surface area (TPSA) is 12.0 Å². The van der Waals surface area contributed by atoms with Crippen molar-refractivity contribution in [3.8, 4) is 0 Å². The van der Waals surface area contributed by atoms with Gasteiger partial charge in [-0.1, -0.05) is 26.1 Å². The van der Waals surface area contributed by atoms with E-state index in [0.29, 0.717) is 0 Å². The lowest BCUT2D eigenvalue weighted by molar-refractivity contribution is 0.509. The number of rotatable bonds is 1. The standard InChI is InChI=1S/C8H19NSi/c1-10(2,3)8-5-4-6-9-7-8/h8-9H,4-7H2,1-3H3. The average Bonchev–Trinajstić information content (AvgIpc) is 1.88. The summed E-state index contributed by atoms with van der Waals surface area (Å²) >= 11 is 0. The van der Waals surface area contributed by atoms with Crippen LogP contribution < -0.4 is 5.32 Å².